The van der Waals surface area contributed by atoms with Gasteiger partial charge in [-0.15, -0.1) is 0 Å². The van der Waals surface area contributed by atoms with Gasteiger partial charge in [0, 0.05) is 18.7 Å². The number of nitrogens with zero attached hydrogens (tertiary/aromatic N) is 2. The lowest BCUT2D eigenvalue weighted by Gasteiger charge is -2.27. The normalized spacial score (nSPS) is 27.5. The predicted molar refractivity (Wildman–Crippen MR) is 74.5 cm³/mol. The Morgan fingerprint density at radius 1 is 1.40 bits per heavy atom. The Morgan fingerprint density at radius 2 is 2.20 bits per heavy atom. The van der Waals surface area contributed by atoms with Crippen molar-refractivity contribution < 1.29 is 9.18 Å². The number of hydrogen-bond acceptors (Lipinski definition) is 3. The van der Waals surface area contributed by atoms with Crippen molar-refractivity contribution in [2.45, 2.75) is 12.6 Å². The summed E-state index contributed by atoms with van der Waals surface area (Å²) in [5, 5.41) is 3.12. The van der Waals surface area contributed by atoms with Crippen LogP contribution in [0.4, 0.5) is 4.39 Å². The van der Waals surface area contributed by atoms with Crippen molar-refractivity contribution in [1.82, 2.24) is 15.1 Å². The molecule has 1 aromatic carbocycles. The molecule has 0 spiro atoms. The summed E-state index contributed by atoms with van der Waals surface area (Å²) in [6.07, 6.45) is 0.777. The number of carbonyl (C=O) groups excluding carboxylic acids is 1. The van der Waals surface area contributed by atoms with Crippen molar-refractivity contribution in [3.8, 4) is 0 Å². The SMILES string of the molecule is CN1CCC(CN2C(=O)CNC2c2ccccc2F)C1. The first-order chi connectivity index (χ1) is 9.65. The highest BCUT2D eigenvalue weighted by molar-refractivity contribution is 5.81. The molecule has 108 valence electrons. The van der Waals surface area contributed by atoms with Crippen LogP contribution in [0.1, 0.15) is 18.2 Å². The fraction of sp³-hybridized carbons (Fsp3) is 0.533. The summed E-state index contributed by atoms with van der Waals surface area (Å²) in [5.74, 6) is 0.291. The van der Waals surface area contributed by atoms with Crippen LogP contribution in [0, 0.1) is 11.7 Å². The van der Waals surface area contributed by atoms with E-state index in [-0.39, 0.29) is 17.9 Å². The van der Waals surface area contributed by atoms with E-state index in [4.69, 9.17) is 0 Å². The van der Waals surface area contributed by atoms with Gasteiger partial charge < -0.3 is 9.80 Å². The van der Waals surface area contributed by atoms with Crippen LogP contribution in [0.5, 0.6) is 0 Å². The van der Waals surface area contributed by atoms with Crippen LogP contribution < -0.4 is 5.32 Å². The van der Waals surface area contributed by atoms with Crippen molar-refractivity contribution in [3.05, 3.63) is 35.6 Å². The van der Waals surface area contributed by atoms with Crippen molar-refractivity contribution in [2.75, 3.05) is 33.2 Å². The maximum absolute atomic E-state index is 13.9. The van der Waals surface area contributed by atoms with E-state index < -0.39 is 0 Å². The third-order valence-electron chi connectivity index (χ3n) is 4.22. The number of halogens is 1. The zero-order chi connectivity index (χ0) is 14.1. The Kier molecular flexibility index (Phi) is 3.72. The van der Waals surface area contributed by atoms with E-state index in [0.717, 1.165) is 19.5 Å². The summed E-state index contributed by atoms with van der Waals surface area (Å²) >= 11 is 0. The molecule has 1 amide bonds. The van der Waals surface area contributed by atoms with Crippen LogP contribution in [-0.2, 0) is 4.79 Å². The molecule has 2 atom stereocenters. The van der Waals surface area contributed by atoms with Gasteiger partial charge in [-0.05, 0) is 32.0 Å². The molecule has 2 fully saturated rings. The average molecular weight is 277 g/mol. The van der Waals surface area contributed by atoms with Crippen LogP contribution in [0.3, 0.4) is 0 Å². The number of amides is 1. The second-order valence-corrected chi connectivity index (χ2v) is 5.77. The van der Waals surface area contributed by atoms with E-state index in [1.54, 1.807) is 17.0 Å². The lowest BCUT2D eigenvalue weighted by Crippen LogP contribution is -2.35. The van der Waals surface area contributed by atoms with Gasteiger partial charge in [-0.3, -0.25) is 10.1 Å². The third kappa shape index (κ3) is 2.55. The molecule has 2 aliphatic rings. The second kappa shape index (κ2) is 5.50. The van der Waals surface area contributed by atoms with Gasteiger partial charge in [-0.2, -0.15) is 0 Å². The Morgan fingerprint density at radius 3 is 2.90 bits per heavy atom. The molecule has 1 N–H and O–H groups in total. The fourth-order valence-corrected chi connectivity index (χ4v) is 3.18. The van der Waals surface area contributed by atoms with Crippen molar-refractivity contribution in [2.24, 2.45) is 5.92 Å². The van der Waals surface area contributed by atoms with E-state index in [1.165, 1.54) is 6.07 Å². The summed E-state index contributed by atoms with van der Waals surface area (Å²) in [6.45, 7) is 3.08. The molecule has 2 unspecified atom stereocenters. The summed E-state index contributed by atoms with van der Waals surface area (Å²) in [4.78, 5) is 16.1. The lowest BCUT2D eigenvalue weighted by molar-refractivity contribution is -0.128. The van der Waals surface area contributed by atoms with E-state index in [1.807, 2.05) is 6.07 Å². The van der Waals surface area contributed by atoms with Gasteiger partial charge in [-0.1, -0.05) is 18.2 Å². The Labute approximate surface area is 118 Å². The standard InChI is InChI=1S/C15H20FN3O/c1-18-7-6-11(9-18)10-19-14(20)8-17-15(19)12-4-2-3-5-13(12)16/h2-5,11,15,17H,6-10H2,1H3. The smallest absolute Gasteiger partial charge is 0.238 e. The third-order valence-corrected chi connectivity index (χ3v) is 4.22. The number of carbonyl (C=O) groups is 1. The van der Waals surface area contributed by atoms with Gasteiger partial charge in [0.2, 0.25) is 5.91 Å². The van der Waals surface area contributed by atoms with Crippen LogP contribution in [0.15, 0.2) is 24.3 Å². The first-order valence-electron chi connectivity index (χ1n) is 7.11. The topological polar surface area (TPSA) is 35.6 Å². The minimum Gasteiger partial charge on any atom is -0.321 e. The molecule has 0 saturated carbocycles. The molecular formula is C15H20FN3O. The lowest BCUT2D eigenvalue weighted by atomic mass is 10.1. The highest BCUT2D eigenvalue weighted by atomic mass is 19.1. The number of rotatable bonds is 3. The van der Waals surface area contributed by atoms with Crippen molar-refractivity contribution in [1.29, 1.82) is 0 Å². The maximum atomic E-state index is 13.9. The minimum atomic E-state index is -0.324. The summed E-state index contributed by atoms with van der Waals surface area (Å²) in [6, 6.07) is 6.68. The highest BCUT2D eigenvalue weighted by Gasteiger charge is 2.35. The monoisotopic (exact) mass is 277 g/mol. The van der Waals surface area contributed by atoms with Crippen molar-refractivity contribution >= 4 is 5.91 Å². The summed E-state index contributed by atoms with van der Waals surface area (Å²) in [7, 11) is 2.10. The Bertz CT molecular complexity index is 508. The Balaban J connectivity index is 1.77. The average Bonchev–Trinajstić information content (AvgIpc) is 2.99. The minimum absolute atomic E-state index is 0.0628. The van der Waals surface area contributed by atoms with E-state index in [0.29, 0.717) is 24.6 Å². The van der Waals surface area contributed by atoms with E-state index in [9.17, 15) is 9.18 Å². The molecule has 0 aromatic heterocycles. The van der Waals surface area contributed by atoms with E-state index >= 15 is 0 Å². The summed E-state index contributed by atoms with van der Waals surface area (Å²) in [5.41, 5.74) is 0.560. The number of hydrogen-bond donors (Lipinski definition) is 1. The zero-order valence-electron chi connectivity index (χ0n) is 11.7. The van der Waals surface area contributed by atoms with Gasteiger partial charge in [0.15, 0.2) is 0 Å². The molecule has 20 heavy (non-hydrogen) atoms. The fourth-order valence-electron chi connectivity index (χ4n) is 3.18. The number of nitrogens with one attached hydrogen (secondary N) is 1. The molecule has 0 aliphatic carbocycles. The van der Waals surface area contributed by atoms with Gasteiger partial charge in [0.05, 0.1) is 6.54 Å². The van der Waals surface area contributed by atoms with Gasteiger partial charge in [0.1, 0.15) is 12.0 Å². The molecule has 3 rings (SSSR count). The maximum Gasteiger partial charge on any atom is 0.238 e. The van der Waals surface area contributed by atoms with Crippen molar-refractivity contribution in [3.63, 3.8) is 0 Å². The van der Waals surface area contributed by atoms with Crippen LogP contribution in [-0.4, -0.2) is 48.9 Å². The first-order valence-corrected chi connectivity index (χ1v) is 7.11. The Hall–Kier alpha value is -1.46. The molecule has 2 heterocycles. The molecule has 4 nitrogen and oxygen atoms in total. The molecule has 1 aromatic rings. The molecular weight excluding hydrogens is 257 g/mol. The van der Waals surface area contributed by atoms with Crippen LogP contribution >= 0.6 is 0 Å². The number of benzene rings is 1. The van der Waals surface area contributed by atoms with Crippen LogP contribution in [0.2, 0.25) is 0 Å². The predicted octanol–water partition coefficient (Wildman–Crippen LogP) is 1.21. The summed E-state index contributed by atoms with van der Waals surface area (Å²) < 4.78 is 13.9. The van der Waals surface area contributed by atoms with Gasteiger partial charge >= 0.3 is 0 Å². The molecule has 0 radical (unpaired) electrons. The molecule has 2 saturated heterocycles. The number of likely N-dealkylation sites (tertiary alicyclic amines) is 1. The second-order valence-electron chi connectivity index (χ2n) is 5.77. The van der Waals surface area contributed by atoms with Gasteiger partial charge in [-0.25, -0.2) is 4.39 Å². The molecule has 2 aliphatic heterocycles. The highest BCUT2D eigenvalue weighted by Crippen LogP contribution is 2.27. The first kappa shape index (κ1) is 13.5. The van der Waals surface area contributed by atoms with Gasteiger partial charge in [0.25, 0.3) is 0 Å². The molecule has 5 heteroatoms. The molecule has 0 bridgehead atoms. The zero-order valence-corrected chi connectivity index (χ0v) is 11.7. The quantitative estimate of drug-likeness (QED) is 0.902. The largest absolute Gasteiger partial charge is 0.321 e. The van der Waals surface area contributed by atoms with E-state index in [2.05, 4.69) is 17.3 Å². The van der Waals surface area contributed by atoms with Crippen LogP contribution in [0.25, 0.3) is 0 Å².